The number of carboxylic acids is 1. The van der Waals surface area contributed by atoms with E-state index in [0.717, 1.165) is 7.14 Å². The summed E-state index contributed by atoms with van der Waals surface area (Å²) in [4.78, 5) is 11.2. The summed E-state index contributed by atoms with van der Waals surface area (Å²) >= 11 is 8.47. The number of hydrogen-bond donors (Lipinski definition) is 3. The van der Waals surface area contributed by atoms with Gasteiger partial charge in [-0.05, 0) is 121 Å². The molecule has 0 atom stereocenters. The number of hydrogen-bond acceptors (Lipinski definition) is 3. The van der Waals surface area contributed by atoms with Gasteiger partial charge in [0.1, 0.15) is 11.5 Å². The van der Waals surface area contributed by atoms with Gasteiger partial charge in [-0.15, -0.1) is 0 Å². The van der Waals surface area contributed by atoms with E-state index in [1.165, 1.54) is 0 Å². The minimum Gasteiger partial charge on any atom is -0.507 e. The molecule has 0 amide bonds. The summed E-state index contributed by atoms with van der Waals surface area (Å²) in [6.07, 6.45) is 0.190. The van der Waals surface area contributed by atoms with Gasteiger partial charge in [0, 0.05) is 30.1 Å². The van der Waals surface area contributed by atoms with Crippen molar-refractivity contribution in [2.24, 2.45) is 0 Å². The molecule has 0 aliphatic heterocycles. The van der Waals surface area contributed by atoms with Gasteiger partial charge >= 0.3 is 5.97 Å². The summed E-state index contributed by atoms with van der Waals surface area (Å²) < 4.78 is 3.27. The van der Waals surface area contributed by atoms with E-state index in [0.29, 0.717) is 18.3 Å². The van der Waals surface area contributed by atoms with Crippen molar-refractivity contribution in [2.75, 3.05) is 0 Å². The van der Waals surface area contributed by atoms with Crippen molar-refractivity contribution >= 4 is 96.3 Å². The zero-order valence-electron chi connectivity index (χ0n) is 13.0. The number of aromatic hydroxyl groups is 2. The highest BCUT2D eigenvalue weighted by atomic mass is 127. The van der Waals surface area contributed by atoms with Crippen LogP contribution in [-0.4, -0.2) is 21.3 Å². The SMILES string of the molecule is CC(CCC(=O)O)(c1cc(I)cc(I)c1O)c1cc(I)cc(I)c1O. The van der Waals surface area contributed by atoms with E-state index in [-0.39, 0.29) is 24.3 Å². The third-order valence-electron chi connectivity index (χ3n) is 4.08. The highest BCUT2D eigenvalue weighted by Crippen LogP contribution is 2.47. The van der Waals surface area contributed by atoms with Crippen molar-refractivity contribution in [1.82, 2.24) is 0 Å². The third-order valence-corrected chi connectivity index (χ3v) is 6.97. The fourth-order valence-electron chi connectivity index (χ4n) is 2.74. The third kappa shape index (κ3) is 4.83. The van der Waals surface area contributed by atoms with Crippen molar-refractivity contribution in [1.29, 1.82) is 0 Å². The first-order chi connectivity index (χ1) is 11.6. The second-order valence-electron chi connectivity index (χ2n) is 5.79. The topological polar surface area (TPSA) is 77.8 Å². The first-order valence-electron chi connectivity index (χ1n) is 7.15. The lowest BCUT2D eigenvalue weighted by Gasteiger charge is -2.33. The molecule has 2 rings (SSSR count). The predicted molar refractivity (Wildman–Crippen MR) is 130 cm³/mol. The van der Waals surface area contributed by atoms with Crippen molar-refractivity contribution in [2.45, 2.75) is 25.2 Å². The molecule has 0 spiro atoms. The molecule has 25 heavy (non-hydrogen) atoms. The number of benzene rings is 2. The Bertz CT molecular complexity index is 778. The summed E-state index contributed by atoms with van der Waals surface area (Å²) in [5.41, 5.74) is 0.408. The maximum absolute atomic E-state index is 11.2. The Balaban J connectivity index is 2.78. The lowest BCUT2D eigenvalue weighted by Crippen LogP contribution is -2.26. The second kappa shape index (κ2) is 8.63. The summed E-state index contributed by atoms with van der Waals surface area (Å²) in [7, 11) is 0. The van der Waals surface area contributed by atoms with Crippen LogP contribution in [0.1, 0.15) is 30.9 Å². The van der Waals surface area contributed by atoms with E-state index >= 15 is 0 Å². The van der Waals surface area contributed by atoms with Crippen LogP contribution < -0.4 is 0 Å². The Kier molecular flexibility index (Phi) is 7.50. The molecule has 2 aromatic carbocycles. The van der Waals surface area contributed by atoms with Crippen molar-refractivity contribution < 1.29 is 20.1 Å². The standard InChI is InChI=1S/C17H14I4O4/c1-17(3-2-14(22)23,10-4-8(18)6-12(20)15(10)24)11-5-9(19)7-13(21)16(11)25/h4-7,24-25H,2-3H2,1H3,(H,22,23). The molecule has 0 bridgehead atoms. The molecule has 4 nitrogen and oxygen atoms in total. The van der Waals surface area contributed by atoms with Crippen LogP contribution in [0.5, 0.6) is 11.5 Å². The maximum Gasteiger partial charge on any atom is 0.303 e. The average Bonchev–Trinajstić information content (AvgIpc) is 2.52. The quantitative estimate of drug-likeness (QED) is 0.341. The molecule has 0 aliphatic rings. The van der Waals surface area contributed by atoms with Gasteiger partial charge in [0.2, 0.25) is 0 Å². The number of aliphatic carboxylic acids is 1. The first-order valence-corrected chi connectivity index (χ1v) is 11.5. The molecule has 2 aromatic rings. The number of rotatable bonds is 5. The van der Waals surface area contributed by atoms with Gasteiger partial charge in [-0.1, -0.05) is 6.92 Å². The Morgan fingerprint density at radius 2 is 1.32 bits per heavy atom. The summed E-state index contributed by atoms with van der Waals surface area (Å²) in [6, 6.07) is 7.42. The molecule has 8 heteroatoms. The molecule has 0 unspecified atom stereocenters. The van der Waals surface area contributed by atoms with Crippen molar-refractivity contribution in [3.63, 3.8) is 0 Å². The van der Waals surface area contributed by atoms with Crippen LogP contribution >= 0.6 is 90.4 Å². The van der Waals surface area contributed by atoms with E-state index in [9.17, 15) is 20.1 Å². The van der Waals surface area contributed by atoms with Crippen molar-refractivity contribution in [3.8, 4) is 11.5 Å². The van der Waals surface area contributed by atoms with Crippen molar-refractivity contribution in [3.05, 3.63) is 49.7 Å². The lowest BCUT2D eigenvalue weighted by atomic mass is 9.72. The van der Waals surface area contributed by atoms with Gasteiger partial charge in [-0.25, -0.2) is 0 Å². The van der Waals surface area contributed by atoms with Crippen LogP contribution in [0, 0.1) is 14.3 Å². The minimum atomic E-state index is -0.911. The van der Waals surface area contributed by atoms with Gasteiger partial charge < -0.3 is 15.3 Å². The van der Waals surface area contributed by atoms with Crippen LogP contribution in [0.4, 0.5) is 0 Å². The summed E-state index contributed by atoms with van der Waals surface area (Å²) in [5, 5.41) is 30.5. The van der Waals surface area contributed by atoms with E-state index in [4.69, 9.17) is 0 Å². The molecule has 0 saturated heterocycles. The minimum absolute atomic E-state index is 0.0700. The fraction of sp³-hybridized carbons (Fsp3) is 0.235. The van der Waals surface area contributed by atoms with E-state index in [1.807, 2.05) is 31.2 Å². The van der Waals surface area contributed by atoms with Gasteiger partial charge in [-0.3, -0.25) is 4.79 Å². The number of halogens is 4. The Morgan fingerprint density at radius 3 is 1.68 bits per heavy atom. The maximum atomic E-state index is 11.2. The lowest BCUT2D eigenvalue weighted by molar-refractivity contribution is -0.137. The first kappa shape index (κ1) is 21.7. The number of phenols is 2. The van der Waals surface area contributed by atoms with Crippen LogP contribution in [0.2, 0.25) is 0 Å². The molecule has 0 heterocycles. The van der Waals surface area contributed by atoms with Crippen LogP contribution in [0.25, 0.3) is 0 Å². The van der Waals surface area contributed by atoms with Gasteiger partial charge in [0.25, 0.3) is 0 Å². The molecule has 0 aromatic heterocycles. The molecule has 134 valence electrons. The average molecular weight is 790 g/mol. The molecule has 0 fully saturated rings. The van der Waals surface area contributed by atoms with Crippen LogP contribution in [0.15, 0.2) is 24.3 Å². The number of carboxylic acid groups (broad SMARTS) is 1. The molecule has 0 saturated carbocycles. The molecule has 0 radical (unpaired) electrons. The van der Waals surface area contributed by atoms with Gasteiger partial charge in [0.15, 0.2) is 0 Å². The number of phenolic OH excluding ortho intramolecular Hbond substituents is 2. The van der Waals surface area contributed by atoms with Crippen LogP contribution in [0.3, 0.4) is 0 Å². The Morgan fingerprint density at radius 1 is 0.920 bits per heavy atom. The Labute approximate surface area is 200 Å². The molecule has 0 aliphatic carbocycles. The highest BCUT2D eigenvalue weighted by molar-refractivity contribution is 14.1. The predicted octanol–water partition coefficient (Wildman–Crippen LogP) is 5.69. The molecule has 3 N–H and O–H groups in total. The van der Waals surface area contributed by atoms with E-state index in [1.54, 1.807) is 0 Å². The smallest absolute Gasteiger partial charge is 0.303 e. The summed E-state index contributed by atoms with van der Waals surface area (Å²) in [6.45, 7) is 1.87. The monoisotopic (exact) mass is 790 g/mol. The zero-order chi connectivity index (χ0) is 18.9. The largest absolute Gasteiger partial charge is 0.507 e. The van der Waals surface area contributed by atoms with Crippen LogP contribution in [-0.2, 0) is 10.2 Å². The molecular weight excluding hydrogens is 776 g/mol. The van der Waals surface area contributed by atoms with Gasteiger partial charge in [0.05, 0.1) is 7.14 Å². The summed E-state index contributed by atoms with van der Waals surface area (Å²) in [5.74, 6) is -0.657. The normalized spacial score (nSPS) is 11.6. The number of carbonyl (C=O) groups is 1. The van der Waals surface area contributed by atoms with E-state index < -0.39 is 11.4 Å². The highest BCUT2D eigenvalue weighted by Gasteiger charge is 2.36. The molecular formula is C17H14I4O4. The van der Waals surface area contributed by atoms with E-state index in [2.05, 4.69) is 90.4 Å². The zero-order valence-corrected chi connectivity index (χ0v) is 21.6. The second-order valence-corrected chi connectivity index (χ2v) is 10.6. The van der Waals surface area contributed by atoms with Gasteiger partial charge in [-0.2, -0.15) is 0 Å². The fourth-order valence-corrected chi connectivity index (χ4v) is 6.43. The Hall–Kier alpha value is 0.430.